The summed E-state index contributed by atoms with van der Waals surface area (Å²) < 4.78 is 0. The van der Waals surface area contributed by atoms with E-state index >= 15 is 0 Å². The Morgan fingerprint density at radius 3 is 3.10 bits per heavy atom. The summed E-state index contributed by atoms with van der Waals surface area (Å²) in [4.78, 5) is 10.3. The fraction of sp³-hybridized carbons (Fsp3) is 0.875. The first-order chi connectivity index (χ1) is 4.88. The first kappa shape index (κ1) is 7.73. The van der Waals surface area contributed by atoms with Gasteiger partial charge in [0.25, 0.3) is 0 Å². The Labute approximate surface area is 62.0 Å². The predicted molar refractivity (Wildman–Crippen MR) is 40.5 cm³/mol. The maximum absolute atomic E-state index is 10.3. The van der Waals surface area contributed by atoms with E-state index in [1.54, 1.807) is 0 Å². The van der Waals surface area contributed by atoms with Gasteiger partial charge in [-0.1, -0.05) is 13.3 Å². The molecular formula is C8H14NO. The normalized spacial score (nSPS) is 32.5. The van der Waals surface area contributed by atoms with Crippen molar-refractivity contribution in [2.75, 3.05) is 6.54 Å². The molecule has 10 heavy (non-hydrogen) atoms. The van der Waals surface area contributed by atoms with Crippen molar-refractivity contribution in [1.29, 1.82) is 0 Å². The largest absolute Gasteiger partial charge is 0.307 e. The zero-order valence-corrected chi connectivity index (χ0v) is 6.39. The maximum Gasteiger partial charge on any atom is 0.217 e. The Kier molecular flexibility index (Phi) is 2.87. The van der Waals surface area contributed by atoms with Gasteiger partial charge in [-0.2, -0.15) is 0 Å². The van der Waals surface area contributed by atoms with Crippen molar-refractivity contribution >= 4 is 6.29 Å². The Morgan fingerprint density at radius 1 is 1.70 bits per heavy atom. The van der Waals surface area contributed by atoms with Crippen LogP contribution in [0.4, 0.5) is 0 Å². The van der Waals surface area contributed by atoms with Gasteiger partial charge >= 0.3 is 0 Å². The molecule has 0 amide bonds. The first-order valence-corrected chi connectivity index (χ1v) is 3.99. The summed E-state index contributed by atoms with van der Waals surface area (Å²) in [6.45, 7) is 3.14. The van der Waals surface area contributed by atoms with Crippen LogP contribution in [0.3, 0.4) is 0 Å². The standard InChI is InChI=1S/C8H14NO/c1-2-3-7-4-5-9-8(7)6-10/h7-9H,2-5H2,1H3. The first-order valence-electron chi connectivity index (χ1n) is 3.99. The minimum Gasteiger partial charge on any atom is -0.307 e. The summed E-state index contributed by atoms with van der Waals surface area (Å²) >= 11 is 0. The fourth-order valence-corrected chi connectivity index (χ4v) is 1.58. The van der Waals surface area contributed by atoms with Crippen LogP contribution in [0.15, 0.2) is 0 Å². The maximum atomic E-state index is 10.3. The molecule has 1 saturated heterocycles. The molecule has 1 rings (SSSR count). The Morgan fingerprint density at radius 2 is 2.50 bits per heavy atom. The summed E-state index contributed by atoms with van der Waals surface area (Å²) in [7, 11) is 0. The van der Waals surface area contributed by atoms with Crippen molar-refractivity contribution in [2.24, 2.45) is 5.92 Å². The number of carbonyl (C=O) groups excluding carboxylic acids is 1. The highest BCUT2D eigenvalue weighted by atomic mass is 16.1. The Balaban J connectivity index is 2.34. The molecule has 0 aromatic carbocycles. The number of hydrogen-bond acceptors (Lipinski definition) is 2. The van der Waals surface area contributed by atoms with Gasteiger partial charge < -0.3 is 5.32 Å². The van der Waals surface area contributed by atoms with E-state index in [0.717, 1.165) is 19.4 Å². The molecule has 1 radical (unpaired) electrons. The minimum atomic E-state index is 0.0277. The molecule has 0 saturated carbocycles. The van der Waals surface area contributed by atoms with Crippen molar-refractivity contribution < 1.29 is 4.79 Å². The summed E-state index contributed by atoms with van der Waals surface area (Å²) in [6, 6.07) is 0.0277. The second-order valence-corrected chi connectivity index (χ2v) is 2.89. The SMILES string of the molecule is CCCC1CCNC1[C]=O. The minimum absolute atomic E-state index is 0.0277. The van der Waals surface area contributed by atoms with Crippen molar-refractivity contribution in [3.05, 3.63) is 0 Å². The molecule has 2 nitrogen and oxygen atoms in total. The van der Waals surface area contributed by atoms with Gasteiger partial charge in [0.05, 0.1) is 6.04 Å². The molecule has 1 aliphatic heterocycles. The van der Waals surface area contributed by atoms with Gasteiger partial charge in [-0.15, -0.1) is 0 Å². The topological polar surface area (TPSA) is 29.1 Å². The number of rotatable bonds is 3. The molecule has 2 heteroatoms. The Bertz CT molecular complexity index is 114. The van der Waals surface area contributed by atoms with Crippen LogP contribution in [-0.4, -0.2) is 18.9 Å². The summed E-state index contributed by atoms with van der Waals surface area (Å²) in [5.41, 5.74) is 0. The zero-order chi connectivity index (χ0) is 7.40. The molecule has 0 bridgehead atoms. The van der Waals surface area contributed by atoms with Gasteiger partial charge in [0.1, 0.15) is 0 Å². The molecule has 0 aliphatic carbocycles. The monoisotopic (exact) mass is 140 g/mol. The smallest absolute Gasteiger partial charge is 0.217 e. The molecule has 1 N–H and O–H groups in total. The van der Waals surface area contributed by atoms with E-state index in [-0.39, 0.29) is 6.04 Å². The van der Waals surface area contributed by atoms with Crippen LogP contribution < -0.4 is 5.32 Å². The quantitative estimate of drug-likeness (QED) is 0.630. The Hall–Kier alpha value is -0.370. The molecule has 0 aromatic heterocycles. The van der Waals surface area contributed by atoms with Crippen molar-refractivity contribution in [1.82, 2.24) is 5.32 Å². The highest BCUT2D eigenvalue weighted by molar-refractivity contribution is 5.59. The fourth-order valence-electron chi connectivity index (χ4n) is 1.58. The van der Waals surface area contributed by atoms with Crippen LogP contribution in [0.2, 0.25) is 0 Å². The van der Waals surface area contributed by atoms with Crippen molar-refractivity contribution in [3.8, 4) is 0 Å². The molecular weight excluding hydrogens is 126 g/mol. The van der Waals surface area contributed by atoms with E-state index in [9.17, 15) is 4.79 Å². The number of hydrogen-bond donors (Lipinski definition) is 1. The van der Waals surface area contributed by atoms with E-state index in [0.29, 0.717) is 5.92 Å². The lowest BCUT2D eigenvalue weighted by Gasteiger charge is -2.10. The van der Waals surface area contributed by atoms with E-state index in [1.807, 2.05) is 6.29 Å². The van der Waals surface area contributed by atoms with Crippen molar-refractivity contribution in [2.45, 2.75) is 32.2 Å². The van der Waals surface area contributed by atoms with E-state index in [4.69, 9.17) is 0 Å². The number of nitrogens with one attached hydrogen (secondary N) is 1. The molecule has 0 spiro atoms. The van der Waals surface area contributed by atoms with Gasteiger partial charge in [0, 0.05) is 0 Å². The second-order valence-electron chi connectivity index (χ2n) is 2.89. The molecule has 1 aliphatic rings. The van der Waals surface area contributed by atoms with E-state index in [2.05, 4.69) is 12.2 Å². The molecule has 2 atom stereocenters. The van der Waals surface area contributed by atoms with Gasteiger partial charge in [-0.05, 0) is 25.3 Å². The van der Waals surface area contributed by atoms with E-state index < -0.39 is 0 Å². The van der Waals surface area contributed by atoms with Crippen LogP contribution >= 0.6 is 0 Å². The lowest BCUT2D eigenvalue weighted by atomic mass is 9.97. The average molecular weight is 140 g/mol. The van der Waals surface area contributed by atoms with Gasteiger partial charge in [0.2, 0.25) is 6.29 Å². The van der Waals surface area contributed by atoms with E-state index in [1.165, 1.54) is 6.42 Å². The third-order valence-electron chi connectivity index (χ3n) is 2.14. The van der Waals surface area contributed by atoms with Gasteiger partial charge in [-0.3, -0.25) is 4.79 Å². The lowest BCUT2D eigenvalue weighted by Crippen LogP contribution is -2.28. The third kappa shape index (κ3) is 1.57. The van der Waals surface area contributed by atoms with Crippen LogP contribution in [0, 0.1) is 5.92 Å². The highest BCUT2D eigenvalue weighted by Gasteiger charge is 2.25. The van der Waals surface area contributed by atoms with Gasteiger partial charge in [-0.25, -0.2) is 0 Å². The predicted octanol–water partition coefficient (Wildman–Crippen LogP) is 0.874. The third-order valence-corrected chi connectivity index (χ3v) is 2.14. The average Bonchev–Trinajstić information content (AvgIpc) is 2.36. The zero-order valence-electron chi connectivity index (χ0n) is 6.39. The van der Waals surface area contributed by atoms with Crippen LogP contribution in [0.5, 0.6) is 0 Å². The van der Waals surface area contributed by atoms with Gasteiger partial charge in [0.15, 0.2) is 0 Å². The van der Waals surface area contributed by atoms with Crippen molar-refractivity contribution in [3.63, 3.8) is 0 Å². The lowest BCUT2D eigenvalue weighted by molar-refractivity contribution is 0.454. The van der Waals surface area contributed by atoms with Crippen LogP contribution in [-0.2, 0) is 4.79 Å². The summed E-state index contributed by atoms with van der Waals surface area (Å²) in [5, 5.41) is 3.12. The van der Waals surface area contributed by atoms with Crippen LogP contribution in [0.1, 0.15) is 26.2 Å². The molecule has 1 heterocycles. The molecule has 57 valence electrons. The highest BCUT2D eigenvalue weighted by Crippen LogP contribution is 2.18. The van der Waals surface area contributed by atoms with Crippen LogP contribution in [0.25, 0.3) is 0 Å². The molecule has 0 aromatic rings. The summed E-state index contributed by atoms with van der Waals surface area (Å²) in [5.74, 6) is 0.558. The molecule has 2 unspecified atom stereocenters. The second kappa shape index (κ2) is 3.71. The summed E-state index contributed by atoms with van der Waals surface area (Å²) in [6.07, 6.45) is 5.52. The molecule has 1 fully saturated rings.